The Morgan fingerprint density at radius 1 is 0.500 bits per heavy atom. The van der Waals surface area contributed by atoms with Crippen LogP contribution in [0.4, 0.5) is 0 Å². The molecular formula is C26H19NO. The fourth-order valence-electron chi connectivity index (χ4n) is 4.07. The van der Waals surface area contributed by atoms with Crippen molar-refractivity contribution in [1.82, 2.24) is 4.57 Å². The van der Waals surface area contributed by atoms with Crippen molar-refractivity contribution in [2.45, 2.75) is 6.04 Å². The summed E-state index contributed by atoms with van der Waals surface area (Å²) in [6, 6.07) is 36.4. The van der Waals surface area contributed by atoms with Crippen LogP contribution in [0.3, 0.4) is 0 Å². The third kappa shape index (κ3) is 2.62. The van der Waals surface area contributed by atoms with E-state index in [0.29, 0.717) is 0 Å². The zero-order chi connectivity index (χ0) is 18.9. The van der Waals surface area contributed by atoms with Gasteiger partial charge in [0.05, 0.1) is 11.6 Å². The predicted octanol–water partition coefficient (Wildman–Crippen LogP) is 5.79. The summed E-state index contributed by atoms with van der Waals surface area (Å²) in [5, 5.41) is 2.84. The molecule has 0 aliphatic rings. The Bertz CT molecular complexity index is 1280. The predicted molar refractivity (Wildman–Crippen MR) is 116 cm³/mol. The highest BCUT2D eigenvalue weighted by atomic mass is 16.1. The molecule has 0 saturated heterocycles. The third-order valence-electron chi connectivity index (χ3n) is 5.32. The summed E-state index contributed by atoms with van der Waals surface area (Å²) in [6.45, 7) is 0. The number of hydrogen-bond donors (Lipinski definition) is 0. The molecule has 0 aliphatic carbocycles. The van der Waals surface area contributed by atoms with E-state index in [2.05, 4.69) is 30.3 Å². The Hall–Kier alpha value is -3.65. The van der Waals surface area contributed by atoms with Crippen molar-refractivity contribution >= 4 is 21.7 Å². The molecular weight excluding hydrogens is 342 g/mol. The smallest absolute Gasteiger partial charge is 0.259 e. The van der Waals surface area contributed by atoms with Crippen LogP contribution in [0.15, 0.2) is 114 Å². The molecule has 5 rings (SSSR count). The molecule has 0 aliphatic heterocycles. The first-order chi connectivity index (χ1) is 13.8. The first kappa shape index (κ1) is 16.5. The van der Waals surface area contributed by atoms with Gasteiger partial charge in [0.25, 0.3) is 5.56 Å². The summed E-state index contributed by atoms with van der Waals surface area (Å²) in [7, 11) is 0. The Labute approximate surface area is 163 Å². The van der Waals surface area contributed by atoms with Crippen molar-refractivity contribution in [3.63, 3.8) is 0 Å². The van der Waals surface area contributed by atoms with Gasteiger partial charge in [-0.2, -0.15) is 0 Å². The molecule has 2 nitrogen and oxygen atoms in total. The highest BCUT2D eigenvalue weighted by Crippen LogP contribution is 2.31. The van der Waals surface area contributed by atoms with Crippen molar-refractivity contribution < 1.29 is 0 Å². The minimum absolute atomic E-state index is 0.0343. The minimum atomic E-state index is -0.190. The van der Waals surface area contributed by atoms with Gasteiger partial charge >= 0.3 is 0 Å². The quantitative estimate of drug-likeness (QED) is 0.373. The van der Waals surface area contributed by atoms with Crippen LogP contribution in [0.1, 0.15) is 17.2 Å². The summed E-state index contributed by atoms with van der Waals surface area (Å²) < 4.78 is 1.95. The second-order valence-corrected chi connectivity index (χ2v) is 6.96. The second kappa shape index (κ2) is 6.82. The summed E-state index contributed by atoms with van der Waals surface area (Å²) in [5.41, 5.74) is 3.17. The summed E-state index contributed by atoms with van der Waals surface area (Å²) in [4.78, 5) is 13.7. The topological polar surface area (TPSA) is 22.0 Å². The summed E-state index contributed by atoms with van der Waals surface area (Å²) >= 11 is 0. The number of nitrogens with zero attached hydrogens (tertiary/aromatic N) is 1. The average molecular weight is 361 g/mol. The maximum atomic E-state index is 13.7. The van der Waals surface area contributed by atoms with E-state index in [4.69, 9.17) is 0 Å². The van der Waals surface area contributed by atoms with E-state index in [0.717, 1.165) is 32.8 Å². The van der Waals surface area contributed by atoms with Crippen molar-refractivity contribution in [2.24, 2.45) is 0 Å². The SMILES string of the molecule is O=c1c2ccccc2c2ccccc2n1C(c1ccccc1)c1ccccc1. The number of benzene rings is 4. The average Bonchev–Trinajstić information content (AvgIpc) is 2.78. The van der Waals surface area contributed by atoms with Crippen LogP contribution in [-0.2, 0) is 0 Å². The van der Waals surface area contributed by atoms with E-state index in [1.54, 1.807) is 0 Å². The van der Waals surface area contributed by atoms with Gasteiger partial charge in [0.2, 0.25) is 0 Å². The first-order valence-corrected chi connectivity index (χ1v) is 9.46. The molecule has 0 atom stereocenters. The Morgan fingerprint density at radius 3 is 1.57 bits per heavy atom. The summed E-state index contributed by atoms with van der Waals surface area (Å²) in [6.07, 6.45) is 0. The van der Waals surface area contributed by atoms with E-state index in [1.807, 2.05) is 83.4 Å². The van der Waals surface area contributed by atoms with Crippen LogP contribution in [0.25, 0.3) is 21.7 Å². The van der Waals surface area contributed by atoms with Crippen molar-refractivity contribution in [3.05, 3.63) is 131 Å². The normalized spacial score (nSPS) is 11.3. The van der Waals surface area contributed by atoms with Crippen LogP contribution < -0.4 is 5.56 Å². The van der Waals surface area contributed by atoms with Crippen molar-refractivity contribution in [3.8, 4) is 0 Å². The van der Waals surface area contributed by atoms with E-state index in [1.165, 1.54) is 0 Å². The largest absolute Gasteiger partial charge is 0.296 e. The molecule has 2 heteroatoms. The lowest BCUT2D eigenvalue weighted by atomic mass is 9.96. The van der Waals surface area contributed by atoms with Gasteiger partial charge in [0.1, 0.15) is 0 Å². The van der Waals surface area contributed by atoms with Crippen molar-refractivity contribution in [1.29, 1.82) is 0 Å². The highest BCUT2D eigenvalue weighted by Gasteiger charge is 2.21. The van der Waals surface area contributed by atoms with E-state index in [9.17, 15) is 4.79 Å². The molecule has 28 heavy (non-hydrogen) atoms. The maximum absolute atomic E-state index is 13.7. The fourth-order valence-corrected chi connectivity index (χ4v) is 4.07. The van der Waals surface area contributed by atoms with Gasteiger partial charge in [0.15, 0.2) is 0 Å². The first-order valence-electron chi connectivity index (χ1n) is 9.46. The van der Waals surface area contributed by atoms with Gasteiger partial charge in [0, 0.05) is 10.8 Å². The van der Waals surface area contributed by atoms with Crippen LogP contribution in [-0.4, -0.2) is 4.57 Å². The zero-order valence-corrected chi connectivity index (χ0v) is 15.3. The molecule has 134 valence electrons. The maximum Gasteiger partial charge on any atom is 0.259 e. The van der Waals surface area contributed by atoms with Crippen LogP contribution in [0, 0.1) is 0 Å². The Balaban J connectivity index is 1.94. The monoisotopic (exact) mass is 361 g/mol. The molecule has 5 aromatic rings. The van der Waals surface area contributed by atoms with E-state index < -0.39 is 0 Å². The van der Waals surface area contributed by atoms with Gasteiger partial charge < -0.3 is 0 Å². The minimum Gasteiger partial charge on any atom is -0.296 e. The van der Waals surface area contributed by atoms with E-state index in [-0.39, 0.29) is 11.6 Å². The Morgan fingerprint density at radius 2 is 0.964 bits per heavy atom. The third-order valence-corrected chi connectivity index (χ3v) is 5.32. The highest BCUT2D eigenvalue weighted by molar-refractivity contribution is 6.05. The summed E-state index contributed by atoms with van der Waals surface area (Å²) in [5.74, 6) is 0. The van der Waals surface area contributed by atoms with Gasteiger partial charge in [-0.1, -0.05) is 97.1 Å². The van der Waals surface area contributed by atoms with E-state index >= 15 is 0 Å². The lowest BCUT2D eigenvalue weighted by molar-refractivity contribution is 0.682. The van der Waals surface area contributed by atoms with Gasteiger partial charge in [-0.15, -0.1) is 0 Å². The van der Waals surface area contributed by atoms with Crippen molar-refractivity contribution in [2.75, 3.05) is 0 Å². The molecule has 4 aromatic carbocycles. The number of hydrogen-bond acceptors (Lipinski definition) is 1. The molecule has 0 fully saturated rings. The van der Waals surface area contributed by atoms with Crippen LogP contribution in [0.2, 0.25) is 0 Å². The lowest BCUT2D eigenvalue weighted by Crippen LogP contribution is -2.27. The molecule has 0 saturated carbocycles. The zero-order valence-electron chi connectivity index (χ0n) is 15.3. The molecule has 0 N–H and O–H groups in total. The molecule has 1 heterocycles. The number of aromatic nitrogens is 1. The van der Waals surface area contributed by atoms with Gasteiger partial charge in [-0.25, -0.2) is 0 Å². The number of para-hydroxylation sites is 1. The van der Waals surface area contributed by atoms with Gasteiger partial charge in [-0.05, 0) is 28.6 Å². The standard InChI is InChI=1S/C26H19NO/c28-26-23-17-8-7-15-21(23)22-16-9-10-18-24(22)27(26)25(19-11-3-1-4-12-19)20-13-5-2-6-14-20/h1-18,25H. The number of rotatable bonds is 3. The number of fused-ring (bicyclic) bond motifs is 3. The molecule has 0 spiro atoms. The molecule has 1 aromatic heterocycles. The van der Waals surface area contributed by atoms with Crippen LogP contribution >= 0.6 is 0 Å². The second-order valence-electron chi connectivity index (χ2n) is 6.96. The Kier molecular flexibility index (Phi) is 4.02. The van der Waals surface area contributed by atoms with Crippen LogP contribution in [0.5, 0.6) is 0 Å². The number of pyridine rings is 1. The molecule has 0 amide bonds. The fraction of sp³-hybridized carbons (Fsp3) is 0.0385. The molecule has 0 bridgehead atoms. The van der Waals surface area contributed by atoms with Gasteiger partial charge in [-0.3, -0.25) is 9.36 Å². The molecule has 0 radical (unpaired) electrons. The lowest BCUT2D eigenvalue weighted by Gasteiger charge is -2.24. The molecule has 0 unspecified atom stereocenters.